The van der Waals surface area contributed by atoms with Crippen molar-refractivity contribution in [2.45, 2.75) is 131 Å². The third kappa shape index (κ3) is 13.6. The lowest BCUT2D eigenvalue weighted by Crippen LogP contribution is -2.23. The summed E-state index contributed by atoms with van der Waals surface area (Å²) in [6.07, 6.45) is 4.83. The molecule has 0 bridgehead atoms. The number of allylic oxidation sites excluding steroid dienone is 4. The van der Waals surface area contributed by atoms with E-state index in [0.29, 0.717) is 47.0 Å². The van der Waals surface area contributed by atoms with Crippen LogP contribution in [-0.2, 0) is 62.8 Å². The van der Waals surface area contributed by atoms with Gasteiger partial charge in [-0.1, -0.05) is 42.9 Å². The minimum absolute atomic E-state index is 0.104. The Hall–Kier alpha value is -4.44. The third-order valence-electron chi connectivity index (χ3n) is 11.0. The maximum Gasteiger partial charge on any atom is 0.348 e. The summed E-state index contributed by atoms with van der Waals surface area (Å²) in [5.74, 6) is 0.534. The Bertz CT molecular complexity index is 2310. The second kappa shape index (κ2) is 25.1. The summed E-state index contributed by atoms with van der Waals surface area (Å²) in [5, 5.41) is 29.9. The van der Waals surface area contributed by atoms with Gasteiger partial charge in [-0.05, 0) is 98.2 Å². The van der Waals surface area contributed by atoms with Crippen LogP contribution in [0.25, 0.3) is 0 Å². The fraction of sp³-hybridized carbons (Fsp3) is 0.574. The topological polar surface area (TPSA) is 219 Å². The van der Waals surface area contributed by atoms with E-state index in [4.69, 9.17) is 41.8 Å². The van der Waals surface area contributed by atoms with Crippen LogP contribution in [0.4, 0.5) is 0 Å². The van der Waals surface area contributed by atoms with Crippen molar-refractivity contribution in [2.24, 2.45) is 0 Å². The van der Waals surface area contributed by atoms with Crippen molar-refractivity contribution in [3.05, 3.63) is 67.8 Å². The van der Waals surface area contributed by atoms with Crippen molar-refractivity contribution in [3.8, 4) is 35.1 Å². The number of rotatable bonds is 24. The number of nitrogens with zero attached hydrogens (tertiary/aromatic N) is 2. The van der Waals surface area contributed by atoms with Crippen LogP contribution < -0.4 is 14.2 Å². The molecular weight excluding hydrogens is 907 g/mol. The fourth-order valence-electron chi connectivity index (χ4n) is 7.60. The number of esters is 2. The molecule has 2 atom stereocenters. The first-order chi connectivity index (χ1) is 31.2. The number of phenols is 1. The van der Waals surface area contributed by atoms with Gasteiger partial charge < -0.3 is 46.9 Å². The Morgan fingerprint density at radius 1 is 0.712 bits per heavy atom. The molecule has 66 heavy (non-hydrogen) atoms. The molecule has 16 nitrogen and oxygen atoms in total. The van der Waals surface area contributed by atoms with Crippen molar-refractivity contribution in [2.75, 3.05) is 47.3 Å². The first kappa shape index (κ1) is 55.9. The highest BCUT2D eigenvalue weighted by molar-refractivity contribution is 7.55. The standard InChI is InChI=1S/C26H40NO7PSi.C21H28NO7P/c1-9-33-35(29,34-10-2)20(16-27)15-18(3)11-12-21-24(30-5)19(4)22-17-32-26(28)23(22)25(21)31-13-14-36(6,7)8;1-6-28-30(25,29-7-2)15(11-22)10-13(3)8-9-16-19(23)18-17(12-27-21(18)24)14(4)20(16)26-5/h11,20H,9-10,12-15,17H2,1-8H3;8,15,23H,6-7,9-10,12H2,1-5H3/b18-11+;13-8+. The second-order valence-electron chi connectivity index (χ2n) is 16.9. The maximum absolute atomic E-state index is 13.1. The summed E-state index contributed by atoms with van der Waals surface area (Å²) in [7, 11) is -5.40. The minimum Gasteiger partial charge on any atom is -0.507 e. The van der Waals surface area contributed by atoms with E-state index in [1.165, 1.54) is 7.11 Å². The van der Waals surface area contributed by atoms with E-state index in [1.807, 2.05) is 32.9 Å². The van der Waals surface area contributed by atoms with Gasteiger partial charge in [0, 0.05) is 30.3 Å². The zero-order valence-electron chi connectivity index (χ0n) is 40.8. The number of fused-ring (bicyclic) bond motifs is 2. The monoisotopic (exact) mass is 974 g/mol. The number of ether oxygens (including phenoxy) is 5. The zero-order valence-corrected chi connectivity index (χ0v) is 43.6. The SMILES string of the molecule is CCOP(=O)(OCC)C(C#N)C/C(C)=C/Cc1c(O)c2c(c(C)c1OC)COC2=O.CCOP(=O)(OCC)C(C#N)C/C(C)=C/Cc1c(OC)c(C)c2c(c1OCC[Si](C)(C)C)C(=O)OC2. The predicted molar refractivity (Wildman–Crippen MR) is 254 cm³/mol. The largest absolute Gasteiger partial charge is 0.507 e. The number of cyclic esters (lactones) is 2. The quantitative estimate of drug-likeness (QED) is 0.0447. The molecule has 2 unspecified atom stereocenters. The summed E-state index contributed by atoms with van der Waals surface area (Å²) in [5.41, 5.74) is 4.61. The van der Waals surface area contributed by atoms with Gasteiger partial charge in [-0.2, -0.15) is 10.5 Å². The lowest BCUT2D eigenvalue weighted by molar-refractivity contribution is 0.0523. The van der Waals surface area contributed by atoms with E-state index in [9.17, 15) is 34.3 Å². The molecule has 2 aromatic carbocycles. The van der Waals surface area contributed by atoms with E-state index in [1.54, 1.807) is 47.8 Å². The first-order valence-electron chi connectivity index (χ1n) is 22.1. The number of benzene rings is 2. The number of carbonyl (C=O) groups is 2. The molecule has 2 aliphatic rings. The number of carbonyl (C=O) groups excluding carboxylic acids is 2. The molecule has 0 radical (unpaired) electrons. The van der Waals surface area contributed by atoms with Crippen LogP contribution in [0.15, 0.2) is 23.3 Å². The van der Waals surface area contributed by atoms with Crippen LogP contribution in [0, 0.1) is 36.5 Å². The number of nitriles is 2. The lowest BCUT2D eigenvalue weighted by Gasteiger charge is -2.22. The summed E-state index contributed by atoms with van der Waals surface area (Å²) in [6.45, 7) is 22.6. The van der Waals surface area contributed by atoms with Crippen LogP contribution in [-0.4, -0.2) is 83.7 Å². The number of phenolic OH excluding ortho intramolecular Hbond substituents is 1. The molecule has 1 N–H and O–H groups in total. The van der Waals surface area contributed by atoms with Crippen molar-refractivity contribution >= 4 is 35.2 Å². The number of aromatic hydroxyl groups is 1. The van der Waals surface area contributed by atoms with Gasteiger partial charge in [-0.15, -0.1) is 0 Å². The van der Waals surface area contributed by atoms with Crippen LogP contribution in [0.1, 0.15) is 108 Å². The molecule has 0 aliphatic carbocycles. The van der Waals surface area contributed by atoms with Crippen molar-refractivity contribution in [1.29, 1.82) is 10.5 Å². The van der Waals surface area contributed by atoms with Crippen LogP contribution in [0.2, 0.25) is 25.7 Å². The highest BCUT2D eigenvalue weighted by Gasteiger charge is 2.38. The van der Waals surface area contributed by atoms with E-state index < -0.39 is 40.6 Å². The van der Waals surface area contributed by atoms with Crippen molar-refractivity contribution in [3.63, 3.8) is 0 Å². The Morgan fingerprint density at radius 3 is 1.50 bits per heavy atom. The van der Waals surface area contributed by atoms with Gasteiger partial charge in [-0.3, -0.25) is 9.13 Å². The summed E-state index contributed by atoms with van der Waals surface area (Å²) < 4.78 is 75.3. The molecule has 0 spiro atoms. The van der Waals surface area contributed by atoms with Crippen molar-refractivity contribution < 1.29 is 65.6 Å². The highest BCUT2D eigenvalue weighted by Crippen LogP contribution is 2.56. The van der Waals surface area contributed by atoms with E-state index in [2.05, 4.69) is 25.7 Å². The molecule has 0 saturated heterocycles. The van der Waals surface area contributed by atoms with Gasteiger partial charge in [0.2, 0.25) is 0 Å². The molecule has 0 amide bonds. The number of hydrogen-bond donors (Lipinski definition) is 1. The average molecular weight is 975 g/mol. The van der Waals surface area contributed by atoms with E-state index in [0.717, 1.165) is 39.4 Å². The number of methoxy groups -OCH3 is 2. The molecule has 4 rings (SSSR count). The predicted octanol–water partition coefficient (Wildman–Crippen LogP) is 10.8. The molecule has 0 aromatic heterocycles. The van der Waals surface area contributed by atoms with Crippen LogP contribution >= 0.6 is 15.2 Å². The molecule has 2 aromatic rings. The van der Waals surface area contributed by atoms with Crippen LogP contribution in [0.5, 0.6) is 23.0 Å². The lowest BCUT2D eigenvalue weighted by atomic mass is 9.94. The maximum atomic E-state index is 13.1. The second-order valence-corrected chi connectivity index (χ2v) is 27.0. The Kier molecular flexibility index (Phi) is 21.2. The molecule has 19 heteroatoms. The Balaban J connectivity index is 0.000000356. The van der Waals surface area contributed by atoms with Gasteiger partial charge in [0.15, 0.2) is 11.3 Å². The zero-order chi connectivity index (χ0) is 49.6. The smallest absolute Gasteiger partial charge is 0.348 e. The van der Waals surface area contributed by atoms with Gasteiger partial charge in [0.05, 0.1) is 59.4 Å². The third-order valence-corrected chi connectivity index (χ3v) is 17.3. The first-order valence-corrected chi connectivity index (χ1v) is 29.1. The number of hydrogen-bond acceptors (Lipinski definition) is 16. The van der Waals surface area contributed by atoms with Crippen molar-refractivity contribution in [1.82, 2.24) is 0 Å². The van der Waals surface area contributed by atoms with Gasteiger partial charge in [0.25, 0.3) is 0 Å². The Labute approximate surface area is 391 Å². The summed E-state index contributed by atoms with van der Waals surface area (Å²) in [6, 6.07) is 5.08. The fourth-order valence-corrected chi connectivity index (χ4v) is 11.9. The normalized spacial score (nSPS) is 14.8. The van der Waals surface area contributed by atoms with E-state index >= 15 is 0 Å². The van der Waals surface area contributed by atoms with Gasteiger partial charge in [0.1, 0.15) is 47.3 Å². The Morgan fingerprint density at radius 2 is 1.11 bits per heavy atom. The molecule has 2 heterocycles. The van der Waals surface area contributed by atoms with Crippen LogP contribution in [0.3, 0.4) is 0 Å². The van der Waals surface area contributed by atoms with Gasteiger partial charge in [-0.25, -0.2) is 9.59 Å². The molecular formula is C47H68N2O14P2Si. The minimum atomic E-state index is -3.57. The summed E-state index contributed by atoms with van der Waals surface area (Å²) >= 11 is 0. The molecule has 0 fully saturated rings. The molecule has 364 valence electrons. The van der Waals surface area contributed by atoms with Gasteiger partial charge >= 0.3 is 27.1 Å². The molecule has 0 saturated carbocycles. The summed E-state index contributed by atoms with van der Waals surface area (Å²) in [4.78, 5) is 24.7. The van der Waals surface area contributed by atoms with E-state index in [-0.39, 0.29) is 76.2 Å². The average Bonchev–Trinajstić information content (AvgIpc) is 3.85. The molecule has 2 aliphatic heterocycles. The highest BCUT2D eigenvalue weighted by atomic mass is 31.2.